The highest BCUT2D eigenvalue weighted by Crippen LogP contribution is 2.22. The Kier molecular flexibility index (Phi) is 6.21. The Labute approximate surface area is 123 Å². The first kappa shape index (κ1) is 16.7. The quantitative estimate of drug-likeness (QED) is 0.811. The zero-order valence-corrected chi connectivity index (χ0v) is 13.3. The molecule has 1 aromatic carbocycles. The van der Waals surface area contributed by atoms with Gasteiger partial charge in [0.05, 0.1) is 0 Å². The van der Waals surface area contributed by atoms with Crippen LogP contribution >= 0.6 is 0 Å². The first-order valence-electron chi connectivity index (χ1n) is 7.42. The van der Waals surface area contributed by atoms with Gasteiger partial charge < -0.3 is 10.6 Å². The van der Waals surface area contributed by atoms with E-state index in [0.29, 0.717) is 0 Å². The molecule has 0 unspecified atom stereocenters. The lowest BCUT2D eigenvalue weighted by atomic mass is 9.86. The SMILES string of the molecule is CN(CCCCCN)C(=O)c1ccc(C(C)(C)C)cc1. The van der Waals surface area contributed by atoms with Gasteiger partial charge in [0.15, 0.2) is 0 Å². The van der Waals surface area contributed by atoms with Gasteiger partial charge in [-0.1, -0.05) is 39.3 Å². The van der Waals surface area contributed by atoms with E-state index in [1.165, 1.54) is 5.56 Å². The van der Waals surface area contributed by atoms with Crippen LogP contribution < -0.4 is 5.73 Å². The summed E-state index contributed by atoms with van der Waals surface area (Å²) in [5.41, 5.74) is 7.60. The number of carbonyl (C=O) groups is 1. The van der Waals surface area contributed by atoms with Crippen LogP contribution in [-0.2, 0) is 5.41 Å². The van der Waals surface area contributed by atoms with Crippen molar-refractivity contribution in [1.82, 2.24) is 4.90 Å². The van der Waals surface area contributed by atoms with Gasteiger partial charge in [-0.05, 0) is 42.5 Å². The number of amides is 1. The molecule has 0 aliphatic carbocycles. The summed E-state index contributed by atoms with van der Waals surface area (Å²) in [5.74, 6) is 0.0956. The van der Waals surface area contributed by atoms with Crippen LogP contribution in [0.4, 0.5) is 0 Å². The summed E-state index contributed by atoms with van der Waals surface area (Å²) < 4.78 is 0. The molecule has 0 fully saturated rings. The van der Waals surface area contributed by atoms with E-state index in [1.807, 2.05) is 19.2 Å². The molecule has 1 amide bonds. The molecule has 0 saturated heterocycles. The number of nitrogens with zero attached hydrogens (tertiary/aromatic N) is 1. The second-order valence-corrected chi connectivity index (χ2v) is 6.40. The smallest absolute Gasteiger partial charge is 0.253 e. The second-order valence-electron chi connectivity index (χ2n) is 6.40. The van der Waals surface area contributed by atoms with Gasteiger partial charge in [0, 0.05) is 19.2 Å². The Hall–Kier alpha value is -1.35. The van der Waals surface area contributed by atoms with Crippen LogP contribution in [0.15, 0.2) is 24.3 Å². The number of unbranched alkanes of at least 4 members (excludes halogenated alkanes) is 2. The van der Waals surface area contributed by atoms with Crippen LogP contribution in [0.5, 0.6) is 0 Å². The van der Waals surface area contributed by atoms with Crippen molar-refractivity contribution in [1.29, 1.82) is 0 Å². The summed E-state index contributed by atoms with van der Waals surface area (Å²) in [5, 5.41) is 0. The third-order valence-corrected chi connectivity index (χ3v) is 3.54. The minimum atomic E-state index is 0.0956. The minimum absolute atomic E-state index is 0.0956. The number of hydrogen-bond acceptors (Lipinski definition) is 2. The molecule has 0 spiro atoms. The Morgan fingerprint density at radius 3 is 2.20 bits per heavy atom. The van der Waals surface area contributed by atoms with Gasteiger partial charge in [0.1, 0.15) is 0 Å². The van der Waals surface area contributed by atoms with Gasteiger partial charge in [0.25, 0.3) is 5.91 Å². The predicted octanol–water partition coefficient (Wildman–Crippen LogP) is 3.19. The van der Waals surface area contributed by atoms with Crippen LogP contribution in [0.2, 0.25) is 0 Å². The van der Waals surface area contributed by atoms with Gasteiger partial charge in [-0.2, -0.15) is 0 Å². The summed E-state index contributed by atoms with van der Waals surface area (Å²) in [7, 11) is 1.86. The summed E-state index contributed by atoms with van der Waals surface area (Å²) in [6, 6.07) is 7.96. The molecule has 0 heterocycles. The van der Waals surface area contributed by atoms with Crippen LogP contribution in [0.1, 0.15) is 56.0 Å². The molecule has 0 aromatic heterocycles. The monoisotopic (exact) mass is 276 g/mol. The van der Waals surface area contributed by atoms with E-state index < -0.39 is 0 Å². The fourth-order valence-electron chi connectivity index (χ4n) is 2.10. The average Bonchev–Trinajstić information content (AvgIpc) is 2.41. The van der Waals surface area contributed by atoms with Crippen molar-refractivity contribution in [2.24, 2.45) is 5.73 Å². The van der Waals surface area contributed by atoms with Crippen molar-refractivity contribution in [3.63, 3.8) is 0 Å². The van der Waals surface area contributed by atoms with Crippen LogP contribution in [0.3, 0.4) is 0 Å². The lowest BCUT2D eigenvalue weighted by molar-refractivity contribution is 0.0792. The Morgan fingerprint density at radius 1 is 1.10 bits per heavy atom. The highest BCUT2D eigenvalue weighted by molar-refractivity contribution is 5.94. The molecule has 20 heavy (non-hydrogen) atoms. The van der Waals surface area contributed by atoms with Gasteiger partial charge in [-0.15, -0.1) is 0 Å². The highest BCUT2D eigenvalue weighted by Gasteiger charge is 2.15. The van der Waals surface area contributed by atoms with Gasteiger partial charge in [-0.25, -0.2) is 0 Å². The number of rotatable bonds is 6. The summed E-state index contributed by atoms with van der Waals surface area (Å²) >= 11 is 0. The summed E-state index contributed by atoms with van der Waals surface area (Å²) in [6.45, 7) is 8.04. The van der Waals surface area contributed by atoms with Crippen molar-refractivity contribution in [2.45, 2.75) is 45.4 Å². The topological polar surface area (TPSA) is 46.3 Å². The molecule has 0 saturated carbocycles. The summed E-state index contributed by atoms with van der Waals surface area (Å²) in [4.78, 5) is 14.1. The molecular weight excluding hydrogens is 248 g/mol. The van der Waals surface area contributed by atoms with Crippen molar-refractivity contribution in [3.8, 4) is 0 Å². The van der Waals surface area contributed by atoms with E-state index in [-0.39, 0.29) is 11.3 Å². The fourth-order valence-corrected chi connectivity index (χ4v) is 2.10. The maximum atomic E-state index is 12.3. The molecule has 2 N–H and O–H groups in total. The Balaban J connectivity index is 2.59. The van der Waals surface area contributed by atoms with E-state index in [2.05, 4.69) is 32.9 Å². The average molecular weight is 276 g/mol. The zero-order valence-electron chi connectivity index (χ0n) is 13.3. The molecule has 3 nitrogen and oxygen atoms in total. The van der Waals surface area contributed by atoms with Gasteiger partial charge in [0.2, 0.25) is 0 Å². The van der Waals surface area contributed by atoms with E-state index in [1.54, 1.807) is 4.90 Å². The summed E-state index contributed by atoms with van der Waals surface area (Å²) in [6.07, 6.45) is 3.12. The number of nitrogens with two attached hydrogens (primary N) is 1. The predicted molar refractivity (Wildman–Crippen MR) is 85.0 cm³/mol. The zero-order chi connectivity index (χ0) is 15.2. The largest absolute Gasteiger partial charge is 0.342 e. The lowest BCUT2D eigenvalue weighted by Crippen LogP contribution is -2.28. The molecule has 0 aliphatic rings. The van der Waals surface area contributed by atoms with Crippen molar-refractivity contribution >= 4 is 5.91 Å². The maximum absolute atomic E-state index is 12.3. The number of hydrogen-bond donors (Lipinski definition) is 1. The second kappa shape index (κ2) is 7.44. The normalized spacial score (nSPS) is 11.4. The minimum Gasteiger partial charge on any atom is -0.342 e. The van der Waals surface area contributed by atoms with Crippen molar-refractivity contribution in [2.75, 3.05) is 20.1 Å². The molecular formula is C17H28N2O. The van der Waals surface area contributed by atoms with E-state index >= 15 is 0 Å². The Morgan fingerprint density at radius 2 is 1.70 bits per heavy atom. The molecule has 112 valence electrons. The number of benzene rings is 1. The third kappa shape index (κ3) is 4.97. The molecule has 0 atom stereocenters. The first-order chi connectivity index (χ1) is 9.36. The van der Waals surface area contributed by atoms with E-state index in [9.17, 15) is 4.79 Å². The molecule has 0 aliphatic heterocycles. The molecule has 3 heteroatoms. The van der Waals surface area contributed by atoms with Gasteiger partial charge in [-0.3, -0.25) is 4.79 Å². The van der Waals surface area contributed by atoms with E-state index in [0.717, 1.165) is 37.9 Å². The van der Waals surface area contributed by atoms with Crippen LogP contribution in [-0.4, -0.2) is 30.9 Å². The third-order valence-electron chi connectivity index (χ3n) is 3.54. The first-order valence-corrected chi connectivity index (χ1v) is 7.42. The Bertz CT molecular complexity index is 418. The molecule has 1 rings (SSSR count). The van der Waals surface area contributed by atoms with E-state index in [4.69, 9.17) is 5.73 Å². The molecule has 0 radical (unpaired) electrons. The molecule has 0 bridgehead atoms. The van der Waals surface area contributed by atoms with Gasteiger partial charge >= 0.3 is 0 Å². The number of carbonyl (C=O) groups excluding carboxylic acids is 1. The van der Waals surface area contributed by atoms with Crippen LogP contribution in [0.25, 0.3) is 0 Å². The standard InChI is InChI=1S/C17H28N2O/c1-17(2,3)15-10-8-14(9-11-15)16(20)19(4)13-7-5-6-12-18/h8-11H,5-7,12-13,18H2,1-4H3. The van der Waals surface area contributed by atoms with Crippen LogP contribution in [0, 0.1) is 0 Å². The lowest BCUT2D eigenvalue weighted by Gasteiger charge is -2.20. The maximum Gasteiger partial charge on any atom is 0.253 e. The molecule has 1 aromatic rings. The highest BCUT2D eigenvalue weighted by atomic mass is 16.2. The van der Waals surface area contributed by atoms with Crippen molar-refractivity contribution in [3.05, 3.63) is 35.4 Å². The van der Waals surface area contributed by atoms with Crippen molar-refractivity contribution < 1.29 is 4.79 Å². The fraction of sp³-hybridized carbons (Fsp3) is 0.588.